The maximum Gasteiger partial charge on any atom is 0.274 e. The highest BCUT2D eigenvalue weighted by Crippen LogP contribution is 2.23. The van der Waals surface area contributed by atoms with Crippen LogP contribution >= 0.6 is 0 Å². The van der Waals surface area contributed by atoms with Gasteiger partial charge in [0.25, 0.3) is 5.91 Å². The Kier molecular flexibility index (Phi) is 4.71. The lowest BCUT2D eigenvalue weighted by Crippen LogP contribution is -2.51. The minimum atomic E-state index is 0.0585. The number of amides is 1. The molecule has 2 saturated heterocycles. The van der Waals surface area contributed by atoms with Crippen LogP contribution in [0.4, 0.5) is 0 Å². The van der Waals surface area contributed by atoms with Crippen LogP contribution in [0.2, 0.25) is 0 Å². The Morgan fingerprint density at radius 3 is 2.85 bits per heavy atom. The fraction of sp³-hybridized carbons (Fsp3) is 0.600. The summed E-state index contributed by atoms with van der Waals surface area (Å²) in [6, 6.07) is 4.31. The van der Waals surface area contributed by atoms with E-state index in [0.717, 1.165) is 50.2 Å². The molecule has 1 amide bonds. The monoisotopic (exact) mass is 356 g/mol. The summed E-state index contributed by atoms with van der Waals surface area (Å²) < 4.78 is 7.76. The van der Waals surface area contributed by atoms with Crippen LogP contribution in [0.1, 0.15) is 42.7 Å². The number of hydrogen-bond donors (Lipinski definition) is 0. The average molecular weight is 356 g/mol. The van der Waals surface area contributed by atoms with E-state index < -0.39 is 0 Å². The molecule has 2 aliphatic rings. The Bertz CT molecular complexity index is 792. The number of likely N-dealkylation sites (tertiary alicyclic amines) is 1. The predicted molar refractivity (Wildman–Crippen MR) is 100 cm³/mol. The highest BCUT2D eigenvalue weighted by atomic mass is 16.5. The molecule has 0 spiro atoms. The van der Waals surface area contributed by atoms with E-state index in [0.29, 0.717) is 5.69 Å². The summed E-state index contributed by atoms with van der Waals surface area (Å²) in [6.45, 7) is 9.92. The predicted octanol–water partition coefficient (Wildman–Crippen LogP) is 2.36. The van der Waals surface area contributed by atoms with E-state index in [4.69, 9.17) is 4.74 Å². The summed E-state index contributed by atoms with van der Waals surface area (Å²) in [5.41, 5.74) is 2.53. The van der Waals surface area contributed by atoms with Crippen molar-refractivity contribution in [3.63, 3.8) is 0 Å². The molecule has 0 bridgehead atoms. The summed E-state index contributed by atoms with van der Waals surface area (Å²) >= 11 is 0. The van der Waals surface area contributed by atoms with Crippen molar-refractivity contribution in [1.82, 2.24) is 19.2 Å². The molecule has 26 heavy (non-hydrogen) atoms. The molecule has 140 valence electrons. The molecule has 0 aliphatic carbocycles. The second-order valence-corrected chi connectivity index (χ2v) is 7.87. The summed E-state index contributed by atoms with van der Waals surface area (Å²) in [4.78, 5) is 22.1. The number of imidazole rings is 1. The van der Waals surface area contributed by atoms with Crippen molar-refractivity contribution in [3.05, 3.63) is 35.8 Å². The van der Waals surface area contributed by atoms with Gasteiger partial charge >= 0.3 is 0 Å². The molecule has 2 aromatic heterocycles. The first kappa shape index (κ1) is 17.5. The van der Waals surface area contributed by atoms with Crippen LogP contribution in [0.25, 0.3) is 5.65 Å². The minimum absolute atomic E-state index is 0.0585. The molecule has 6 heteroatoms. The minimum Gasteiger partial charge on any atom is -0.373 e. The molecule has 0 N–H and O–H groups in total. The van der Waals surface area contributed by atoms with Gasteiger partial charge in [-0.2, -0.15) is 0 Å². The zero-order valence-corrected chi connectivity index (χ0v) is 15.9. The fourth-order valence-corrected chi connectivity index (χ4v) is 4.36. The van der Waals surface area contributed by atoms with E-state index in [1.807, 2.05) is 40.8 Å². The van der Waals surface area contributed by atoms with Crippen molar-refractivity contribution in [2.24, 2.45) is 0 Å². The molecular weight excluding hydrogens is 328 g/mol. The normalized spacial score (nSPS) is 27.3. The number of hydrogen-bond acceptors (Lipinski definition) is 4. The molecule has 2 fully saturated rings. The van der Waals surface area contributed by atoms with E-state index in [-0.39, 0.29) is 24.2 Å². The lowest BCUT2D eigenvalue weighted by molar-refractivity contribution is -0.0715. The first-order valence-electron chi connectivity index (χ1n) is 9.64. The molecule has 4 heterocycles. The van der Waals surface area contributed by atoms with Crippen molar-refractivity contribution >= 4 is 11.6 Å². The lowest BCUT2D eigenvalue weighted by Gasteiger charge is -2.38. The number of carbonyl (C=O) groups excluding carboxylic acids is 1. The Morgan fingerprint density at radius 2 is 2.08 bits per heavy atom. The van der Waals surface area contributed by atoms with Crippen molar-refractivity contribution in [2.45, 2.75) is 51.9 Å². The number of ether oxygens (including phenoxy) is 1. The number of nitrogens with zero attached hydrogens (tertiary/aromatic N) is 4. The third-order valence-corrected chi connectivity index (χ3v) is 5.44. The molecular formula is C20H28N4O2. The molecule has 6 nitrogen and oxygen atoms in total. The number of aromatic nitrogens is 2. The molecule has 0 radical (unpaired) electrons. The molecule has 0 aromatic carbocycles. The van der Waals surface area contributed by atoms with E-state index >= 15 is 0 Å². The third kappa shape index (κ3) is 3.48. The first-order valence-corrected chi connectivity index (χ1v) is 9.64. The van der Waals surface area contributed by atoms with Crippen molar-refractivity contribution in [3.8, 4) is 0 Å². The number of morpholine rings is 1. The van der Waals surface area contributed by atoms with E-state index in [9.17, 15) is 4.79 Å². The molecule has 0 unspecified atom stereocenters. The van der Waals surface area contributed by atoms with Gasteiger partial charge in [-0.15, -0.1) is 0 Å². The quantitative estimate of drug-likeness (QED) is 0.847. The Labute approximate surface area is 154 Å². The van der Waals surface area contributed by atoms with Gasteiger partial charge in [0.1, 0.15) is 11.3 Å². The van der Waals surface area contributed by atoms with Crippen molar-refractivity contribution in [1.29, 1.82) is 0 Å². The molecule has 3 atom stereocenters. The van der Waals surface area contributed by atoms with E-state index in [2.05, 4.69) is 23.7 Å². The maximum absolute atomic E-state index is 13.1. The fourth-order valence-electron chi connectivity index (χ4n) is 4.36. The highest BCUT2D eigenvalue weighted by Gasteiger charge is 2.33. The number of pyridine rings is 1. The largest absolute Gasteiger partial charge is 0.373 e. The summed E-state index contributed by atoms with van der Waals surface area (Å²) in [6.07, 6.45) is 6.46. The third-order valence-electron chi connectivity index (χ3n) is 5.44. The Hall–Kier alpha value is -1.92. The topological polar surface area (TPSA) is 50.1 Å². The molecule has 2 aromatic rings. The zero-order valence-electron chi connectivity index (χ0n) is 15.9. The van der Waals surface area contributed by atoms with Gasteiger partial charge in [-0.05, 0) is 51.3 Å². The van der Waals surface area contributed by atoms with Crippen LogP contribution in [-0.4, -0.2) is 69.5 Å². The van der Waals surface area contributed by atoms with Crippen LogP contribution in [0.15, 0.2) is 24.5 Å². The first-order chi connectivity index (χ1) is 12.5. The Morgan fingerprint density at radius 1 is 1.31 bits per heavy atom. The zero-order chi connectivity index (χ0) is 18.3. The standard InChI is InChI=1S/C20H28N4O2/c1-14-6-8-23-13-18(21-19(23)9-14)20(25)24-7-4-5-17(24)12-22-10-15(2)26-16(3)11-22/h6,8-9,13,15-17H,4-5,7,10-12H2,1-3H3/t15-,16-,17+/m0/s1. The highest BCUT2D eigenvalue weighted by molar-refractivity contribution is 5.93. The van der Waals surface area contributed by atoms with Crippen molar-refractivity contribution in [2.75, 3.05) is 26.2 Å². The Balaban J connectivity index is 1.49. The van der Waals surface area contributed by atoms with Crippen molar-refractivity contribution < 1.29 is 9.53 Å². The van der Waals surface area contributed by atoms with Crippen LogP contribution < -0.4 is 0 Å². The molecule has 2 aliphatic heterocycles. The van der Waals surface area contributed by atoms with Gasteiger partial charge in [0, 0.05) is 44.6 Å². The van der Waals surface area contributed by atoms with Crippen LogP contribution in [0.5, 0.6) is 0 Å². The summed E-state index contributed by atoms with van der Waals surface area (Å²) in [5.74, 6) is 0.0585. The van der Waals surface area contributed by atoms with Crippen LogP contribution in [0.3, 0.4) is 0 Å². The number of carbonyl (C=O) groups is 1. The SMILES string of the molecule is Cc1ccn2cc(C(=O)N3CCC[C@@H]3CN3C[C@H](C)O[C@@H](C)C3)nc2c1. The lowest BCUT2D eigenvalue weighted by atomic mass is 10.1. The van der Waals surface area contributed by atoms with Gasteiger partial charge in [-0.1, -0.05) is 0 Å². The van der Waals surface area contributed by atoms with Gasteiger partial charge in [0.05, 0.1) is 12.2 Å². The number of aryl methyl sites for hydroxylation is 1. The van der Waals surface area contributed by atoms with E-state index in [1.165, 1.54) is 0 Å². The molecule has 0 saturated carbocycles. The second kappa shape index (κ2) is 7.00. The second-order valence-electron chi connectivity index (χ2n) is 7.87. The van der Waals surface area contributed by atoms with Gasteiger partial charge < -0.3 is 14.0 Å². The smallest absolute Gasteiger partial charge is 0.274 e. The van der Waals surface area contributed by atoms with Crippen LogP contribution in [0, 0.1) is 6.92 Å². The van der Waals surface area contributed by atoms with Gasteiger partial charge in [0.15, 0.2) is 0 Å². The molecule has 4 rings (SSSR count). The summed E-state index contributed by atoms with van der Waals surface area (Å²) in [7, 11) is 0. The average Bonchev–Trinajstić information content (AvgIpc) is 3.19. The van der Waals surface area contributed by atoms with Gasteiger partial charge in [0.2, 0.25) is 0 Å². The number of fused-ring (bicyclic) bond motifs is 1. The summed E-state index contributed by atoms with van der Waals surface area (Å²) in [5, 5.41) is 0. The van der Waals surface area contributed by atoms with Gasteiger partial charge in [-0.3, -0.25) is 9.69 Å². The van der Waals surface area contributed by atoms with Gasteiger partial charge in [-0.25, -0.2) is 4.98 Å². The van der Waals surface area contributed by atoms with E-state index in [1.54, 1.807) is 0 Å². The van der Waals surface area contributed by atoms with Crippen LogP contribution in [-0.2, 0) is 4.74 Å². The number of rotatable bonds is 3. The maximum atomic E-state index is 13.1.